The summed E-state index contributed by atoms with van der Waals surface area (Å²) in [4.78, 5) is 0. The molecule has 0 aliphatic carbocycles. The number of nitrogens with one attached hydrogen (secondary N) is 1. The first kappa shape index (κ1) is 14.5. The molecule has 2 atom stereocenters. The summed E-state index contributed by atoms with van der Waals surface area (Å²) in [5.74, 6) is 9.17. The van der Waals surface area contributed by atoms with Gasteiger partial charge in [-0.3, -0.25) is 11.3 Å². The van der Waals surface area contributed by atoms with Crippen molar-refractivity contribution < 1.29 is 14.2 Å². The summed E-state index contributed by atoms with van der Waals surface area (Å²) < 4.78 is 16.4. The molecule has 1 aromatic carbocycles. The third kappa shape index (κ3) is 3.33. The minimum absolute atomic E-state index is 0.0473. The van der Waals surface area contributed by atoms with Crippen LogP contribution in [0.25, 0.3) is 0 Å². The summed E-state index contributed by atoms with van der Waals surface area (Å²) in [5.41, 5.74) is 3.83. The number of thioether (sulfide) groups is 1. The van der Waals surface area contributed by atoms with Crippen LogP contribution in [0.1, 0.15) is 11.6 Å². The Kier molecular flexibility index (Phi) is 5.33. The average Bonchev–Trinajstić information content (AvgIpc) is 2.49. The maximum absolute atomic E-state index is 5.79. The van der Waals surface area contributed by atoms with Crippen molar-refractivity contribution in [3.05, 3.63) is 23.8 Å². The fourth-order valence-electron chi connectivity index (χ4n) is 2.17. The van der Waals surface area contributed by atoms with Crippen molar-refractivity contribution in [3.63, 3.8) is 0 Å². The minimum atomic E-state index is -0.0892. The van der Waals surface area contributed by atoms with Crippen molar-refractivity contribution in [2.24, 2.45) is 5.84 Å². The predicted octanol–water partition coefficient (Wildman–Crippen LogP) is 1.34. The van der Waals surface area contributed by atoms with Gasteiger partial charge < -0.3 is 14.2 Å². The van der Waals surface area contributed by atoms with E-state index in [1.807, 2.05) is 30.0 Å². The van der Waals surface area contributed by atoms with E-state index in [2.05, 4.69) is 5.43 Å². The standard InChI is InChI=1S/C13H20N2O3S/c1-16-9-3-4-10(11(7-9)17-2)13(15-14)12-8-19-6-5-18-12/h3-4,7,12-13,15H,5-6,8,14H2,1-2H3. The molecule has 1 heterocycles. The fraction of sp³-hybridized carbons (Fsp3) is 0.538. The first-order chi connectivity index (χ1) is 9.30. The highest BCUT2D eigenvalue weighted by Crippen LogP contribution is 2.33. The summed E-state index contributed by atoms with van der Waals surface area (Å²) in [5, 5.41) is 0. The molecule has 0 aromatic heterocycles. The van der Waals surface area contributed by atoms with E-state index >= 15 is 0 Å². The number of nitrogens with two attached hydrogens (primary N) is 1. The number of benzene rings is 1. The number of hydrogen-bond donors (Lipinski definition) is 2. The SMILES string of the molecule is COc1ccc(C(NN)C2CSCCO2)c(OC)c1. The van der Waals surface area contributed by atoms with E-state index in [9.17, 15) is 0 Å². The molecular weight excluding hydrogens is 264 g/mol. The highest BCUT2D eigenvalue weighted by atomic mass is 32.2. The van der Waals surface area contributed by atoms with Gasteiger partial charge in [-0.2, -0.15) is 11.8 Å². The molecule has 1 aliphatic rings. The second-order valence-corrected chi connectivity index (χ2v) is 5.39. The van der Waals surface area contributed by atoms with Crippen LogP contribution < -0.4 is 20.7 Å². The Bertz CT molecular complexity index is 411. The van der Waals surface area contributed by atoms with Gasteiger partial charge in [0.05, 0.1) is 33.0 Å². The summed E-state index contributed by atoms with van der Waals surface area (Å²) in [6.45, 7) is 0.756. The Morgan fingerprint density at radius 2 is 2.26 bits per heavy atom. The van der Waals surface area contributed by atoms with Crippen molar-refractivity contribution in [1.82, 2.24) is 5.43 Å². The van der Waals surface area contributed by atoms with Crippen LogP contribution in [-0.2, 0) is 4.74 Å². The van der Waals surface area contributed by atoms with Crippen LogP contribution in [0.5, 0.6) is 11.5 Å². The van der Waals surface area contributed by atoms with Gasteiger partial charge in [0.15, 0.2) is 0 Å². The third-order valence-electron chi connectivity index (χ3n) is 3.17. The molecule has 5 nitrogen and oxygen atoms in total. The summed E-state index contributed by atoms with van der Waals surface area (Å²) in [6, 6.07) is 5.63. The number of hydrogen-bond acceptors (Lipinski definition) is 6. The van der Waals surface area contributed by atoms with Crippen molar-refractivity contribution in [1.29, 1.82) is 0 Å². The van der Waals surface area contributed by atoms with Crippen LogP contribution >= 0.6 is 11.8 Å². The van der Waals surface area contributed by atoms with Crippen LogP contribution in [0.15, 0.2) is 18.2 Å². The predicted molar refractivity (Wildman–Crippen MR) is 76.7 cm³/mol. The second-order valence-electron chi connectivity index (χ2n) is 4.24. The van der Waals surface area contributed by atoms with Crippen LogP contribution in [0.3, 0.4) is 0 Å². The van der Waals surface area contributed by atoms with Crippen LogP contribution in [0.4, 0.5) is 0 Å². The number of methoxy groups -OCH3 is 2. The molecular formula is C13H20N2O3S. The highest BCUT2D eigenvalue weighted by Gasteiger charge is 2.27. The lowest BCUT2D eigenvalue weighted by atomic mass is 10.0. The first-order valence-electron chi connectivity index (χ1n) is 6.17. The Labute approximate surface area is 117 Å². The van der Waals surface area contributed by atoms with Gasteiger partial charge in [-0.15, -0.1) is 0 Å². The largest absolute Gasteiger partial charge is 0.497 e. The molecule has 6 heteroatoms. The zero-order chi connectivity index (χ0) is 13.7. The van der Waals surface area contributed by atoms with E-state index in [4.69, 9.17) is 20.1 Å². The molecule has 1 aromatic rings. The van der Waals surface area contributed by atoms with E-state index in [0.29, 0.717) is 0 Å². The summed E-state index contributed by atoms with van der Waals surface area (Å²) >= 11 is 1.88. The molecule has 2 unspecified atom stereocenters. The zero-order valence-electron chi connectivity index (χ0n) is 11.2. The van der Waals surface area contributed by atoms with E-state index in [0.717, 1.165) is 35.2 Å². The van der Waals surface area contributed by atoms with Gasteiger partial charge >= 0.3 is 0 Å². The number of hydrazine groups is 1. The maximum atomic E-state index is 5.79. The zero-order valence-corrected chi connectivity index (χ0v) is 12.0. The number of rotatable bonds is 5. The van der Waals surface area contributed by atoms with Gasteiger partial charge in [0.1, 0.15) is 11.5 Å². The lowest BCUT2D eigenvalue weighted by molar-refractivity contribution is 0.0461. The Morgan fingerprint density at radius 3 is 2.84 bits per heavy atom. The molecule has 1 fully saturated rings. The Hall–Kier alpha value is -0.950. The second kappa shape index (κ2) is 7.00. The minimum Gasteiger partial charge on any atom is -0.497 e. The van der Waals surface area contributed by atoms with Crippen molar-refractivity contribution in [3.8, 4) is 11.5 Å². The summed E-state index contributed by atoms with van der Waals surface area (Å²) in [6.07, 6.45) is 0.0473. The lowest BCUT2D eigenvalue weighted by Gasteiger charge is -2.30. The van der Waals surface area contributed by atoms with Gasteiger partial charge in [0, 0.05) is 23.1 Å². The normalized spacial score (nSPS) is 20.9. The molecule has 1 saturated heterocycles. The van der Waals surface area contributed by atoms with Gasteiger partial charge in [-0.05, 0) is 12.1 Å². The first-order valence-corrected chi connectivity index (χ1v) is 7.33. The van der Waals surface area contributed by atoms with E-state index in [1.54, 1.807) is 14.2 Å². The van der Waals surface area contributed by atoms with Crippen molar-refractivity contribution >= 4 is 11.8 Å². The maximum Gasteiger partial charge on any atom is 0.127 e. The summed E-state index contributed by atoms with van der Waals surface area (Å²) in [7, 11) is 3.27. The molecule has 0 bridgehead atoms. The average molecular weight is 284 g/mol. The monoisotopic (exact) mass is 284 g/mol. The molecule has 1 aliphatic heterocycles. The van der Waals surface area contributed by atoms with Gasteiger partial charge in [0.25, 0.3) is 0 Å². The molecule has 0 spiro atoms. The van der Waals surface area contributed by atoms with Gasteiger partial charge in [-0.1, -0.05) is 0 Å². The molecule has 0 radical (unpaired) electrons. The van der Waals surface area contributed by atoms with Gasteiger partial charge in [-0.25, -0.2) is 0 Å². The van der Waals surface area contributed by atoms with Crippen LogP contribution in [-0.4, -0.2) is 38.4 Å². The topological polar surface area (TPSA) is 65.7 Å². The van der Waals surface area contributed by atoms with Crippen molar-refractivity contribution in [2.75, 3.05) is 32.3 Å². The van der Waals surface area contributed by atoms with Crippen LogP contribution in [0, 0.1) is 0 Å². The van der Waals surface area contributed by atoms with Gasteiger partial charge in [0.2, 0.25) is 0 Å². The molecule has 0 saturated carbocycles. The molecule has 106 valence electrons. The van der Waals surface area contributed by atoms with Crippen molar-refractivity contribution in [2.45, 2.75) is 12.1 Å². The lowest BCUT2D eigenvalue weighted by Crippen LogP contribution is -2.41. The van der Waals surface area contributed by atoms with Crippen LogP contribution in [0.2, 0.25) is 0 Å². The molecule has 0 amide bonds. The highest BCUT2D eigenvalue weighted by molar-refractivity contribution is 7.99. The smallest absolute Gasteiger partial charge is 0.127 e. The Balaban J connectivity index is 2.26. The van der Waals surface area contributed by atoms with E-state index < -0.39 is 0 Å². The van der Waals surface area contributed by atoms with E-state index in [-0.39, 0.29) is 12.1 Å². The molecule has 2 rings (SSSR count). The quantitative estimate of drug-likeness (QED) is 0.628. The molecule has 19 heavy (non-hydrogen) atoms. The fourth-order valence-corrected chi connectivity index (χ4v) is 3.07. The Morgan fingerprint density at radius 1 is 1.42 bits per heavy atom. The molecule has 3 N–H and O–H groups in total. The third-order valence-corrected chi connectivity index (χ3v) is 4.19. The number of ether oxygens (including phenoxy) is 3. The van der Waals surface area contributed by atoms with E-state index in [1.165, 1.54) is 0 Å².